The Morgan fingerprint density at radius 2 is 1.62 bits per heavy atom. The first-order chi connectivity index (χ1) is 14.0. The SMILES string of the molecule is Nc1ccc(Cl)cc1C(=O)N1CCN(CC(=O)N2CCN(C3CCC3)CC2)CC1. The first-order valence-electron chi connectivity index (χ1n) is 10.6. The minimum Gasteiger partial charge on any atom is -0.398 e. The largest absolute Gasteiger partial charge is 0.398 e. The second kappa shape index (κ2) is 8.90. The van der Waals surface area contributed by atoms with Gasteiger partial charge in [0.25, 0.3) is 5.91 Å². The van der Waals surface area contributed by atoms with Crippen LogP contribution in [0.3, 0.4) is 0 Å². The second-order valence-electron chi connectivity index (χ2n) is 8.30. The molecule has 1 saturated carbocycles. The minimum absolute atomic E-state index is 0.0944. The van der Waals surface area contributed by atoms with Crippen LogP contribution in [-0.4, -0.2) is 96.4 Å². The summed E-state index contributed by atoms with van der Waals surface area (Å²) >= 11 is 6.01. The molecule has 2 amide bonds. The van der Waals surface area contributed by atoms with Gasteiger partial charge in [-0.25, -0.2) is 0 Å². The highest BCUT2D eigenvalue weighted by Crippen LogP contribution is 2.25. The third kappa shape index (κ3) is 4.68. The first-order valence-corrected chi connectivity index (χ1v) is 11.0. The molecule has 7 nitrogen and oxygen atoms in total. The molecule has 0 atom stereocenters. The Labute approximate surface area is 177 Å². The third-order valence-corrected chi connectivity index (χ3v) is 6.76. The Bertz CT molecular complexity index is 753. The van der Waals surface area contributed by atoms with Gasteiger partial charge in [-0.1, -0.05) is 18.0 Å². The van der Waals surface area contributed by atoms with E-state index in [1.165, 1.54) is 19.3 Å². The first kappa shape index (κ1) is 20.4. The molecule has 29 heavy (non-hydrogen) atoms. The van der Waals surface area contributed by atoms with Crippen molar-refractivity contribution in [1.29, 1.82) is 0 Å². The number of benzene rings is 1. The van der Waals surface area contributed by atoms with Gasteiger partial charge in [0.1, 0.15) is 0 Å². The summed E-state index contributed by atoms with van der Waals surface area (Å²) in [6.07, 6.45) is 3.98. The zero-order valence-electron chi connectivity index (χ0n) is 16.9. The molecule has 158 valence electrons. The van der Waals surface area contributed by atoms with Crippen molar-refractivity contribution in [1.82, 2.24) is 19.6 Å². The Morgan fingerprint density at radius 3 is 2.24 bits per heavy atom. The van der Waals surface area contributed by atoms with E-state index >= 15 is 0 Å². The zero-order chi connectivity index (χ0) is 20.4. The molecule has 0 spiro atoms. The van der Waals surface area contributed by atoms with Crippen LogP contribution in [0.5, 0.6) is 0 Å². The number of carbonyl (C=O) groups is 2. The van der Waals surface area contributed by atoms with Crippen LogP contribution in [0.25, 0.3) is 0 Å². The Kier molecular flexibility index (Phi) is 6.27. The molecule has 1 aromatic carbocycles. The second-order valence-corrected chi connectivity index (χ2v) is 8.74. The maximum Gasteiger partial charge on any atom is 0.256 e. The van der Waals surface area contributed by atoms with Crippen LogP contribution < -0.4 is 5.73 Å². The fraction of sp³-hybridized carbons (Fsp3) is 0.619. The van der Waals surface area contributed by atoms with Crippen LogP contribution in [-0.2, 0) is 4.79 Å². The highest BCUT2D eigenvalue weighted by Gasteiger charge is 2.30. The number of halogens is 1. The van der Waals surface area contributed by atoms with E-state index in [1.54, 1.807) is 23.1 Å². The summed E-state index contributed by atoms with van der Waals surface area (Å²) in [4.78, 5) is 33.9. The highest BCUT2D eigenvalue weighted by atomic mass is 35.5. The average Bonchev–Trinajstić information content (AvgIpc) is 2.69. The number of rotatable bonds is 4. The van der Waals surface area contributed by atoms with E-state index in [-0.39, 0.29) is 11.8 Å². The summed E-state index contributed by atoms with van der Waals surface area (Å²) in [6, 6.07) is 5.72. The van der Waals surface area contributed by atoms with Crippen LogP contribution in [0, 0.1) is 0 Å². The van der Waals surface area contributed by atoms with Gasteiger partial charge in [0.2, 0.25) is 5.91 Å². The number of nitrogen functional groups attached to an aromatic ring is 1. The van der Waals surface area contributed by atoms with Gasteiger partial charge in [-0.15, -0.1) is 0 Å². The fourth-order valence-corrected chi connectivity index (χ4v) is 4.54. The number of nitrogens with zero attached hydrogens (tertiary/aromatic N) is 4. The molecule has 8 heteroatoms. The normalized spacial score (nSPS) is 21.8. The molecule has 4 rings (SSSR count). The van der Waals surface area contributed by atoms with Crippen LogP contribution in [0.4, 0.5) is 5.69 Å². The number of hydrogen-bond acceptors (Lipinski definition) is 5. The minimum atomic E-state index is -0.0944. The lowest BCUT2D eigenvalue weighted by Crippen LogP contribution is -2.56. The molecule has 3 fully saturated rings. The van der Waals surface area contributed by atoms with Gasteiger partial charge in [-0.2, -0.15) is 0 Å². The summed E-state index contributed by atoms with van der Waals surface area (Å²) in [5.41, 5.74) is 6.84. The maximum absolute atomic E-state index is 12.8. The van der Waals surface area contributed by atoms with E-state index in [0.29, 0.717) is 49.0 Å². The average molecular weight is 420 g/mol. The van der Waals surface area contributed by atoms with Crippen molar-refractivity contribution in [3.05, 3.63) is 28.8 Å². The maximum atomic E-state index is 12.8. The molecular weight excluding hydrogens is 390 g/mol. The van der Waals surface area contributed by atoms with Crippen molar-refractivity contribution in [2.45, 2.75) is 25.3 Å². The van der Waals surface area contributed by atoms with Gasteiger partial charge in [-0.3, -0.25) is 19.4 Å². The smallest absolute Gasteiger partial charge is 0.256 e. The standard InChI is InChI=1S/C21H30ClN5O2/c22-16-4-5-19(23)18(14-16)21(29)27-8-6-24(7-9-27)15-20(28)26-12-10-25(11-13-26)17-2-1-3-17/h4-5,14,17H,1-3,6-13,15,23H2. The van der Waals surface area contributed by atoms with E-state index in [0.717, 1.165) is 32.2 Å². The van der Waals surface area contributed by atoms with Crippen LogP contribution in [0.15, 0.2) is 18.2 Å². The van der Waals surface area contributed by atoms with E-state index in [9.17, 15) is 9.59 Å². The topological polar surface area (TPSA) is 73.1 Å². The monoisotopic (exact) mass is 419 g/mol. The molecule has 0 aromatic heterocycles. The molecule has 0 bridgehead atoms. The number of amides is 2. The van der Waals surface area contributed by atoms with Crippen molar-refractivity contribution in [3.8, 4) is 0 Å². The van der Waals surface area contributed by atoms with Crippen LogP contribution >= 0.6 is 11.6 Å². The van der Waals surface area contributed by atoms with Crippen LogP contribution in [0.2, 0.25) is 5.02 Å². The Morgan fingerprint density at radius 1 is 0.966 bits per heavy atom. The number of anilines is 1. The zero-order valence-corrected chi connectivity index (χ0v) is 17.6. The molecule has 1 aliphatic carbocycles. The Balaban J connectivity index is 1.23. The highest BCUT2D eigenvalue weighted by molar-refractivity contribution is 6.31. The van der Waals surface area contributed by atoms with Crippen molar-refractivity contribution in [2.75, 3.05) is 64.6 Å². The number of nitrogens with two attached hydrogens (primary N) is 1. The molecule has 3 aliphatic rings. The van der Waals surface area contributed by atoms with Crippen LogP contribution in [0.1, 0.15) is 29.6 Å². The predicted octanol–water partition coefficient (Wildman–Crippen LogP) is 1.38. The molecule has 2 heterocycles. The molecule has 0 unspecified atom stereocenters. The molecule has 2 aliphatic heterocycles. The summed E-state index contributed by atoms with van der Waals surface area (Å²) in [7, 11) is 0. The molecule has 2 N–H and O–H groups in total. The fourth-order valence-electron chi connectivity index (χ4n) is 4.37. The van der Waals surface area contributed by atoms with Gasteiger partial charge in [0, 0.05) is 69.1 Å². The van der Waals surface area contributed by atoms with E-state index in [4.69, 9.17) is 17.3 Å². The van der Waals surface area contributed by atoms with E-state index in [2.05, 4.69) is 9.80 Å². The van der Waals surface area contributed by atoms with Gasteiger partial charge < -0.3 is 15.5 Å². The number of hydrogen-bond donors (Lipinski definition) is 1. The van der Waals surface area contributed by atoms with E-state index in [1.807, 2.05) is 4.90 Å². The van der Waals surface area contributed by atoms with E-state index < -0.39 is 0 Å². The summed E-state index contributed by atoms with van der Waals surface area (Å²) in [5, 5.41) is 0.504. The molecule has 2 saturated heterocycles. The van der Waals surface area contributed by atoms with Crippen molar-refractivity contribution >= 4 is 29.1 Å². The number of carbonyl (C=O) groups excluding carboxylic acids is 2. The quantitative estimate of drug-likeness (QED) is 0.746. The lowest BCUT2D eigenvalue weighted by molar-refractivity contribution is -0.135. The predicted molar refractivity (Wildman–Crippen MR) is 114 cm³/mol. The van der Waals surface area contributed by atoms with Gasteiger partial charge >= 0.3 is 0 Å². The van der Waals surface area contributed by atoms with Crippen molar-refractivity contribution < 1.29 is 9.59 Å². The third-order valence-electron chi connectivity index (χ3n) is 6.52. The lowest BCUT2D eigenvalue weighted by Gasteiger charge is -2.43. The van der Waals surface area contributed by atoms with Gasteiger partial charge in [0.05, 0.1) is 12.1 Å². The molecule has 0 radical (unpaired) electrons. The summed E-state index contributed by atoms with van der Waals surface area (Å²) in [6.45, 7) is 6.68. The summed E-state index contributed by atoms with van der Waals surface area (Å²) < 4.78 is 0. The van der Waals surface area contributed by atoms with Gasteiger partial charge in [-0.05, 0) is 31.0 Å². The molecular formula is C21H30ClN5O2. The number of piperazine rings is 2. The van der Waals surface area contributed by atoms with Crippen molar-refractivity contribution in [3.63, 3.8) is 0 Å². The Hall–Kier alpha value is -1.83. The van der Waals surface area contributed by atoms with Crippen molar-refractivity contribution in [2.24, 2.45) is 0 Å². The lowest BCUT2D eigenvalue weighted by atomic mass is 9.91. The van der Waals surface area contributed by atoms with Gasteiger partial charge in [0.15, 0.2) is 0 Å². The molecule has 1 aromatic rings. The summed E-state index contributed by atoms with van der Waals surface area (Å²) in [5.74, 6) is 0.111.